The van der Waals surface area contributed by atoms with Gasteiger partial charge in [-0.25, -0.2) is 8.42 Å². The van der Waals surface area contributed by atoms with Crippen LogP contribution in [0.2, 0.25) is 0 Å². The summed E-state index contributed by atoms with van der Waals surface area (Å²) in [5.41, 5.74) is 0. The third-order valence-electron chi connectivity index (χ3n) is 4.03. The van der Waals surface area contributed by atoms with Crippen molar-refractivity contribution in [3.63, 3.8) is 0 Å². The minimum atomic E-state index is -3.18. The van der Waals surface area contributed by atoms with Gasteiger partial charge in [0.15, 0.2) is 9.84 Å². The monoisotopic (exact) mass is 302 g/mol. The molecule has 0 aromatic carbocycles. The Bertz CT molecular complexity index is 551. The van der Waals surface area contributed by atoms with Gasteiger partial charge in [-0.3, -0.25) is 0 Å². The first-order valence-electron chi connectivity index (χ1n) is 6.72. The molecule has 2 heterocycles. The number of hydrogen-bond acceptors (Lipinski definition) is 6. The molecule has 2 fully saturated rings. The highest BCUT2D eigenvalue weighted by Gasteiger charge is 2.36. The molecule has 2 unspecified atom stereocenters. The fourth-order valence-corrected chi connectivity index (χ4v) is 5.88. The molecule has 0 N–H and O–H groups in total. The van der Waals surface area contributed by atoms with Crippen LogP contribution in [-0.4, -0.2) is 36.6 Å². The number of ether oxygens (including phenoxy) is 1. The Kier molecular flexibility index (Phi) is 3.61. The Labute approximate surface area is 117 Å². The maximum atomic E-state index is 12.3. The first-order valence-corrected chi connectivity index (χ1v) is 9.25. The second-order valence-electron chi connectivity index (χ2n) is 5.37. The lowest BCUT2D eigenvalue weighted by Gasteiger charge is -2.21. The first kappa shape index (κ1) is 13.5. The third kappa shape index (κ3) is 2.68. The van der Waals surface area contributed by atoms with E-state index in [0.29, 0.717) is 24.0 Å². The maximum absolute atomic E-state index is 12.3. The van der Waals surface area contributed by atoms with Crippen LogP contribution >= 0.6 is 11.3 Å². The summed E-state index contributed by atoms with van der Waals surface area (Å²) >= 11 is 1.46. The number of rotatable bonds is 4. The first-order chi connectivity index (χ1) is 9.06. The van der Waals surface area contributed by atoms with Crippen molar-refractivity contribution in [1.82, 2.24) is 10.2 Å². The highest BCUT2D eigenvalue weighted by Crippen LogP contribution is 2.38. The molecule has 1 aliphatic heterocycles. The van der Waals surface area contributed by atoms with Crippen molar-refractivity contribution < 1.29 is 13.2 Å². The normalized spacial score (nSPS) is 28.5. The highest BCUT2D eigenvalue weighted by molar-refractivity contribution is 7.91. The fourth-order valence-electron chi connectivity index (χ4n) is 2.61. The second-order valence-corrected chi connectivity index (χ2v) is 8.69. The van der Waals surface area contributed by atoms with Gasteiger partial charge in [0.1, 0.15) is 15.8 Å². The molecule has 19 heavy (non-hydrogen) atoms. The van der Waals surface area contributed by atoms with Gasteiger partial charge in [0.2, 0.25) is 0 Å². The van der Waals surface area contributed by atoms with Crippen LogP contribution < -0.4 is 0 Å². The summed E-state index contributed by atoms with van der Waals surface area (Å²) in [6, 6.07) is 0. The largest absolute Gasteiger partial charge is 0.377 e. The van der Waals surface area contributed by atoms with Crippen LogP contribution in [0.1, 0.15) is 48.5 Å². The van der Waals surface area contributed by atoms with Crippen LogP contribution in [0.15, 0.2) is 0 Å². The van der Waals surface area contributed by atoms with E-state index in [1.54, 1.807) is 0 Å². The van der Waals surface area contributed by atoms with Crippen molar-refractivity contribution >= 4 is 21.2 Å². The van der Waals surface area contributed by atoms with Gasteiger partial charge >= 0.3 is 0 Å². The van der Waals surface area contributed by atoms with E-state index in [4.69, 9.17) is 4.74 Å². The Hall–Kier alpha value is -0.530. The summed E-state index contributed by atoms with van der Waals surface area (Å²) in [7, 11) is -3.18. The van der Waals surface area contributed by atoms with E-state index >= 15 is 0 Å². The number of hydrogen-bond donors (Lipinski definition) is 0. The molecule has 2 atom stereocenters. The molecule has 1 aromatic heterocycles. The molecule has 1 saturated heterocycles. The lowest BCUT2D eigenvalue weighted by atomic mass is 9.86. The van der Waals surface area contributed by atoms with E-state index in [2.05, 4.69) is 10.2 Å². The maximum Gasteiger partial charge on any atom is 0.162 e. The molecule has 1 aromatic rings. The van der Waals surface area contributed by atoms with Crippen LogP contribution in [0.5, 0.6) is 0 Å². The fraction of sp³-hybridized carbons (Fsp3) is 0.833. The van der Waals surface area contributed by atoms with E-state index < -0.39 is 9.84 Å². The molecule has 5 nitrogen and oxygen atoms in total. The van der Waals surface area contributed by atoms with E-state index in [-0.39, 0.29) is 17.1 Å². The lowest BCUT2D eigenvalue weighted by molar-refractivity contribution is 0.126. The van der Waals surface area contributed by atoms with Gasteiger partial charge in [-0.05, 0) is 26.2 Å². The minimum absolute atomic E-state index is 0.00968. The van der Waals surface area contributed by atoms with Crippen molar-refractivity contribution in [2.75, 3.05) is 6.61 Å². The number of sulfone groups is 1. The summed E-state index contributed by atoms with van der Waals surface area (Å²) in [5, 5.41) is 9.44. The van der Waals surface area contributed by atoms with Crippen LogP contribution in [0.3, 0.4) is 0 Å². The second kappa shape index (κ2) is 5.10. The quantitative estimate of drug-likeness (QED) is 0.849. The zero-order valence-corrected chi connectivity index (χ0v) is 12.5. The number of nitrogens with zero attached hydrogens (tertiary/aromatic N) is 2. The third-order valence-corrected chi connectivity index (χ3v) is 7.52. The van der Waals surface area contributed by atoms with Crippen molar-refractivity contribution in [1.29, 1.82) is 0 Å². The standard InChI is InChI=1S/C12H18N2O3S2/c1-8-10(5-6-17-8)19(15,16)7-11-13-14-12(18-11)9-3-2-4-9/h8-10H,2-7H2,1H3. The van der Waals surface area contributed by atoms with Crippen molar-refractivity contribution in [2.24, 2.45) is 0 Å². The van der Waals surface area contributed by atoms with Crippen LogP contribution in [-0.2, 0) is 20.3 Å². The molecule has 0 bridgehead atoms. The van der Waals surface area contributed by atoms with Gasteiger partial charge in [-0.1, -0.05) is 6.42 Å². The number of aromatic nitrogens is 2. The topological polar surface area (TPSA) is 69.2 Å². The average molecular weight is 302 g/mol. The predicted octanol–water partition coefficient (Wildman–Crippen LogP) is 1.90. The van der Waals surface area contributed by atoms with Crippen LogP contribution in [0, 0.1) is 0 Å². The molecule has 0 amide bonds. The van der Waals surface area contributed by atoms with E-state index in [0.717, 1.165) is 17.8 Å². The smallest absolute Gasteiger partial charge is 0.162 e. The van der Waals surface area contributed by atoms with Crippen LogP contribution in [0.25, 0.3) is 0 Å². The van der Waals surface area contributed by atoms with Crippen molar-refractivity contribution in [3.05, 3.63) is 10.0 Å². The molecule has 2 aliphatic rings. The molecule has 0 spiro atoms. The SMILES string of the molecule is CC1OCCC1S(=O)(=O)Cc1nnc(C2CCC2)s1. The summed E-state index contributed by atoms with van der Waals surface area (Å²) in [6.45, 7) is 2.36. The summed E-state index contributed by atoms with van der Waals surface area (Å²) in [6.07, 6.45) is 3.96. The van der Waals surface area contributed by atoms with E-state index in [1.165, 1.54) is 17.8 Å². The molecular formula is C12H18N2O3S2. The van der Waals surface area contributed by atoms with Crippen molar-refractivity contribution in [3.8, 4) is 0 Å². The van der Waals surface area contributed by atoms with Crippen LogP contribution in [0.4, 0.5) is 0 Å². The van der Waals surface area contributed by atoms with Gasteiger partial charge in [0, 0.05) is 12.5 Å². The molecular weight excluding hydrogens is 284 g/mol. The minimum Gasteiger partial charge on any atom is -0.377 e. The van der Waals surface area contributed by atoms with Gasteiger partial charge in [-0.2, -0.15) is 0 Å². The summed E-state index contributed by atoms with van der Waals surface area (Å²) in [5.74, 6) is 0.526. The molecule has 1 saturated carbocycles. The molecule has 0 radical (unpaired) electrons. The summed E-state index contributed by atoms with van der Waals surface area (Å²) < 4.78 is 30.0. The summed E-state index contributed by atoms with van der Waals surface area (Å²) in [4.78, 5) is 0. The highest BCUT2D eigenvalue weighted by atomic mass is 32.2. The average Bonchev–Trinajstić information content (AvgIpc) is 2.85. The molecule has 7 heteroatoms. The van der Waals surface area contributed by atoms with Gasteiger partial charge in [-0.15, -0.1) is 21.5 Å². The van der Waals surface area contributed by atoms with Crippen molar-refractivity contribution in [2.45, 2.75) is 55.6 Å². The van der Waals surface area contributed by atoms with E-state index in [1.807, 2.05) is 6.92 Å². The van der Waals surface area contributed by atoms with Gasteiger partial charge in [0.25, 0.3) is 0 Å². The lowest BCUT2D eigenvalue weighted by Crippen LogP contribution is -2.29. The molecule has 1 aliphatic carbocycles. The zero-order valence-electron chi connectivity index (χ0n) is 10.9. The van der Waals surface area contributed by atoms with E-state index in [9.17, 15) is 8.42 Å². The van der Waals surface area contributed by atoms with Gasteiger partial charge in [0.05, 0.1) is 11.4 Å². The molecule has 3 rings (SSSR count). The zero-order chi connectivity index (χ0) is 13.5. The Morgan fingerprint density at radius 1 is 1.32 bits per heavy atom. The predicted molar refractivity (Wildman–Crippen MR) is 72.9 cm³/mol. The molecule has 106 valence electrons. The Balaban J connectivity index is 1.71. The Morgan fingerprint density at radius 3 is 2.68 bits per heavy atom. The van der Waals surface area contributed by atoms with Gasteiger partial charge < -0.3 is 4.74 Å². The Morgan fingerprint density at radius 2 is 2.11 bits per heavy atom.